The number of primary amides is 1. The number of carbonyl (C=O) groups excluding carboxylic acids is 1. The van der Waals surface area contributed by atoms with Gasteiger partial charge < -0.3 is 16.4 Å². The minimum Gasteiger partial charge on any atom is -0.368 e. The van der Waals surface area contributed by atoms with Crippen LogP contribution >= 0.6 is 15.9 Å². The van der Waals surface area contributed by atoms with Crippen LogP contribution in [0.4, 0.5) is 17.5 Å². The number of carbonyl (C=O) groups is 1. The molecule has 0 aliphatic heterocycles. The molecule has 1 aromatic heterocycles. The van der Waals surface area contributed by atoms with Crippen LogP contribution in [0.5, 0.6) is 0 Å². The smallest absolute Gasteiger partial charge is 0.239 e. The van der Waals surface area contributed by atoms with Crippen molar-refractivity contribution in [1.29, 1.82) is 0 Å². The van der Waals surface area contributed by atoms with Crippen LogP contribution in [0.25, 0.3) is 0 Å². The predicted molar refractivity (Wildman–Crippen MR) is 93.1 cm³/mol. The van der Waals surface area contributed by atoms with Crippen molar-refractivity contribution in [2.75, 3.05) is 10.6 Å². The van der Waals surface area contributed by atoms with Gasteiger partial charge in [0, 0.05) is 11.9 Å². The van der Waals surface area contributed by atoms with E-state index in [1.54, 1.807) is 6.92 Å². The quantitative estimate of drug-likeness (QED) is 0.547. The molecule has 2 rings (SSSR count). The number of nitrogens with zero attached hydrogens (tertiary/aromatic N) is 2. The van der Waals surface area contributed by atoms with Crippen molar-refractivity contribution in [3.8, 4) is 0 Å². The van der Waals surface area contributed by atoms with E-state index < -0.39 is 22.0 Å². The number of halogens is 1. The van der Waals surface area contributed by atoms with Gasteiger partial charge in [0.25, 0.3) is 0 Å². The molecule has 6 N–H and O–H groups in total. The molecular formula is C13H15BrN6O3S. The van der Waals surface area contributed by atoms with Crippen molar-refractivity contribution in [3.05, 3.63) is 34.9 Å². The first-order chi connectivity index (χ1) is 11.2. The van der Waals surface area contributed by atoms with E-state index in [1.165, 1.54) is 30.5 Å². The van der Waals surface area contributed by atoms with Gasteiger partial charge in [0.1, 0.15) is 11.9 Å². The normalized spacial score (nSPS) is 12.5. The van der Waals surface area contributed by atoms with E-state index in [-0.39, 0.29) is 10.8 Å². The van der Waals surface area contributed by atoms with Gasteiger partial charge in [-0.05, 0) is 47.1 Å². The summed E-state index contributed by atoms with van der Waals surface area (Å²) in [6, 6.07) is 5.18. The third-order valence-electron chi connectivity index (χ3n) is 2.96. The van der Waals surface area contributed by atoms with Gasteiger partial charge in [0.15, 0.2) is 0 Å². The molecular weight excluding hydrogens is 400 g/mol. The van der Waals surface area contributed by atoms with Gasteiger partial charge >= 0.3 is 0 Å². The Kier molecular flexibility index (Phi) is 5.36. The average Bonchev–Trinajstić information content (AvgIpc) is 2.50. The van der Waals surface area contributed by atoms with Gasteiger partial charge in [-0.15, -0.1) is 0 Å². The van der Waals surface area contributed by atoms with Crippen LogP contribution in [-0.2, 0) is 14.8 Å². The Morgan fingerprint density at radius 3 is 2.46 bits per heavy atom. The Balaban J connectivity index is 2.19. The summed E-state index contributed by atoms with van der Waals surface area (Å²) in [4.78, 5) is 19.5. The first-order valence-corrected chi connectivity index (χ1v) is 8.99. The number of hydrogen-bond donors (Lipinski definition) is 4. The highest BCUT2D eigenvalue weighted by Gasteiger charge is 2.13. The van der Waals surface area contributed by atoms with Crippen LogP contribution < -0.4 is 21.5 Å². The third kappa shape index (κ3) is 4.63. The van der Waals surface area contributed by atoms with Crippen LogP contribution in [-0.4, -0.2) is 30.3 Å². The second-order valence-electron chi connectivity index (χ2n) is 4.85. The van der Waals surface area contributed by atoms with Crippen LogP contribution in [0.1, 0.15) is 6.92 Å². The number of benzene rings is 1. The van der Waals surface area contributed by atoms with E-state index in [2.05, 4.69) is 36.5 Å². The molecule has 0 spiro atoms. The molecule has 0 aliphatic rings. The van der Waals surface area contributed by atoms with Gasteiger partial charge in [-0.25, -0.2) is 18.5 Å². The number of rotatable bonds is 6. The summed E-state index contributed by atoms with van der Waals surface area (Å²) < 4.78 is 23.0. The number of anilines is 3. The van der Waals surface area contributed by atoms with Gasteiger partial charge in [-0.2, -0.15) is 4.98 Å². The molecule has 128 valence electrons. The maximum atomic E-state index is 11.2. The van der Waals surface area contributed by atoms with Crippen molar-refractivity contribution in [2.24, 2.45) is 10.9 Å². The van der Waals surface area contributed by atoms with E-state index in [1.807, 2.05) is 0 Å². The molecule has 9 nitrogen and oxygen atoms in total. The van der Waals surface area contributed by atoms with Crippen LogP contribution in [0.2, 0.25) is 0 Å². The Morgan fingerprint density at radius 2 is 1.92 bits per heavy atom. The molecule has 1 atom stereocenters. The summed E-state index contributed by atoms with van der Waals surface area (Å²) in [6.07, 6.45) is 1.50. The molecule has 24 heavy (non-hydrogen) atoms. The van der Waals surface area contributed by atoms with Crippen LogP contribution in [0, 0.1) is 0 Å². The number of aromatic nitrogens is 2. The zero-order valence-corrected chi connectivity index (χ0v) is 14.9. The molecule has 1 heterocycles. The van der Waals surface area contributed by atoms with E-state index >= 15 is 0 Å². The zero-order chi connectivity index (χ0) is 17.9. The molecule has 1 aromatic carbocycles. The maximum Gasteiger partial charge on any atom is 0.239 e. The highest BCUT2D eigenvalue weighted by atomic mass is 79.9. The molecule has 0 bridgehead atoms. The molecule has 0 fully saturated rings. The fraction of sp³-hybridized carbons (Fsp3) is 0.154. The molecule has 0 radical (unpaired) electrons. The minimum absolute atomic E-state index is 0.00223. The summed E-state index contributed by atoms with van der Waals surface area (Å²) in [7, 11) is -3.75. The minimum atomic E-state index is -3.75. The Hall–Kier alpha value is -2.24. The summed E-state index contributed by atoms with van der Waals surface area (Å²) in [5, 5.41) is 10.8. The average molecular weight is 415 g/mol. The highest BCUT2D eigenvalue weighted by molar-refractivity contribution is 9.10. The number of hydrogen-bond acceptors (Lipinski definition) is 7. The van der Waals surface area contributed by atoms with Gasteiger partial charge in [0.2, 0.25) is 21.9 Å². The van der Waals surface area contributed by atoms with E-state index in [4.69, 9.17) is 10.9 Å². The summed E-state index contributed by atoms with van der Waals surface area (Å²) >= 11 is 3.28. The van der Waals surface area contributed by atoms with Gasteiger partial charge in [-0.1, -0.05) is 0 Å². The van der Waals surface area contributed by atoms with Gasteiger partial charge in [-0.3, -0.25) is 4.79 Å². The first kappa shape index (κ1) is 18.1. The molecule has 0 aliphatic carbocycles. The van der Waals surface area contributed by atoms with Crippen LogP contribution in [0.3, 0.4) is 0 Å². The van der Waals surface area contributed by atoms with Crippen molar-refractivity contribution < 1.29 is 13.2 Å². The number of primary sulfonamides is 1. The van der Waals surface area contributed by atoms with Gasteiger partial charge in [0.05, 0.1) is 9.37 Å². The van der Waals surface area contributed by atoms with E-state index in [0.717, 1.165) is 0 Å². The molecule has 0 saturated carbocycles. The largest absolute Gasteiger partial charge is 0.368 e. The second-order valence-corrected chi connectivity index (χ2v) is 7.27. The lowest BCUT2D eigenvalue weighted by Crippen LogP contribution is -2.33. The second kappa shape index (κ2) is 7.11. The topological polar surface area (TPSA) is 153 Å². The summed E-state index contributed by atoms with van der Waals surface area (Å²) in [5.41, 5.74) is 5.78. The molecule has 0 saturated heterocycles. The number of amides is 1. The highest BCUT2D eigenvalue weighted by Crippen LogP contribution is 2.23. The number of nitrogens with one attached hydrogen (secondary N) is 2. The Morgan fingerprint density at radius 1 is 1.29 bits per heavy atom. The van der Waals surface area contributed by atoms with Crippen molar-refractivity contribution in [3.63, 3.8) is 0 Å². The lowest BCUT2D eigenvalue weighted by molar-refractivity contribution is -0.118. The lowest BCUT2D eigenvalue weighted by Gasteiger charge is -2.13. The molecule has 1 unspecified atom stereocenters. The SMILES string of the molecule is CC(Nc1nc(Nc2ccc(S(N)(=O)=O)cc2)ncc1Br)C(N)=O. The zero-order valence-electron chi connectivity index (χ0n) is 12.5. The molecule has 11 heteroatoms. The fourth-order valence-electron chi connectivity index (χ4n) is 1.66. The number of sulfonamides is 1. The standard InChI is InChI=1S/C13H15BrN6O3S/c1-7(11(15)21)18-12-10(14)6-17-13(20-12)19-8-2-4-9(5-3-8)24(16,22)23/h2-7H,1H3,(H2,15,21)(H2,16,22,23)(H2,17,18,19,20). The number of nitrogens with two attached hydrogens (primary N) is 2. The fourth-order valence-corrected chi connectivity index (χ4v) is 2.48. The molecule has 1 amide bonds. The van der Waals surface area contributed by atoms with Crippen molar-refractivity contribution in [1.82, 2.24) is 9.97 Å². The molecule has 2 aromatic rings. The Labute approximate surface area is 147 Å². The Bertz CT molecular complexity index is 857. The van der Waals surface area contributed by atoms with E-state index in [9.17, 15) is 13.2 Å². The van der Waals surface area contributed by atoms with Crippen molar-refractivity contribution in [2.45, 2.75) is 17.9 Å². The lowest BCUT2D eigenvalue weighted by atomic mass is 10.3. The third-order valence-corrected chi connectivity index (χ3v) is 4.47. The van der Waals surface area contributed by atoms with Crippen LogP contribution in [0.15, 0.2) is 39.8 Å². The van der Waals surface area contributed by atoms with E-state index in [0.29, 0.717) is 16.0 Å². The summed E-state index contributed by atoms with van der Waals surface area (Å²) in [6.45, 7) is 1.61. The maximum absolute atomic E-state index is 11.2. The first-order valence-electron chi connectivity index (χ1n) is 6.65. The monoisotopic (exact) mass is 414 g/mol. The predicted octanol–water partition coefficient (Wildman–Crippen LogP) is 0.916. The summed E-state index contributed by atoms with van der Waals surface area (Å²) in [5.74, 6) is 0.120. The van der Waals surface area contributed by atoms with Crippen molar-refractivity contribution >= 4 is 49.3 Å².